The molecule has 0 bridgehead atoms. The molecule has 2 aromatic heterocycles. The highest BCUT2D eigenvalue weighted by atomic mass is 35.5. The number of nitrogens with zero attached hydrogens (tertiary/aromatic N) is 5. The van der Waals surface area contributed by atoms with Gasteiger partial charge in [-0.2, -0.15) is 0 Å². The normalized spacial score (nSPS) is 11.7. The van der Waals surface area contributed by atoms with Crippen molar-refractivity contribution in [3.05, 3.63) is 29.4 Å². The SMILES string of the molecule is CC(C)n1c(-c2cn(CCN)nn2)nc2ccc(Cl)cc21. The Morgan fingerprint density at radius 1 is 1.33 bits per heavy atom. The van der Waals surface area contributed by atoms with E-state index in [-0.39, 0.29) is 6.04 Å². The molecule has 3 rings (SSSR count). The Morgan fingerprint density at radius 3 is 2.86 bits per heavy atom. The number of hydrogen-bond acceptors (Lipinski definition) is 4. The van der Waals surface area contributed by atoms with Crippen molar-refractivity contribution < 1.29 is 0 Å². The lowest BCUT2D eigenvalue weighted by molar-refractivity contribution is 0.598. The fraction of sp³-hybridized carbons (Fsp3) is 0.357. The van der Waals surface area contributed by atoms with E-state index >= 15 is 0 Å². The Bertz CT molecular complexity index is 773. The van der Waals surface area contributed by atoms with Gasteiger partial charge >= 0.3 is 0 Å². The van der Waals surface area contributed by atoms with Crippen LogP contribution in [0, 0.1) is 0 Å². The Kier molecular flexibility index (Phi) is 3.65. The molecule has 0 amide bonds. The van der Waals surface area contributed by atoms with Gasteiger partial charge in [-0.25, -0.2) is 4.98 Å². The second kappa shape index (κ2) is 5.46. The number of imidazole rings is 1. The predicted octanol–water partition coefficient (Wildman–Crippen LogP) is 2.49. The number of aromatic nitrogens is 5. The van der Waals surface area contributed by atoms with E-state index in [4.69, 9.17) is 17.3 Å². The molecule has 110 valence electrons. The molecule has 0 spiro atoms. The van der Waals surface area contributed by atoms with Gasteiger partial charge in [0.1, 0.15) is 5.69 Å². The lowest BCUT2D eigenvalue weighted by Gasteiger charge is -2.11. The molecular weight excluding hydrogens is 288 g/mol. The number of nitrogens with two attached hydrogens (primary N) is 1. The van der Waals surface area contributed by atoms with E-state index in [1.54, 1.807) is 4.68 Å². The molecule has 6 nitrogen and oxygen atoms in total. The second-order valence-corrected chi connectivity index (χ2v) is 5.62. The van der Waals surface area contributed by atoms with Crippen LogP contribution in [0.15, 0.2) is 24.4 Å². The summed E-state index contributed by atoms with van der Waals surface area (Å²) in [5.74, 6) is 0.797. The third-order valence-corrected chi connectivity index (χ3v) is 3.53. The number of fused-ring (bicyclic) bond motifs is 1. The average Bonchev–Trinajstić information content (AvgIpc) is 3.02. The minimum Gasteiger partial charge on any atom is -0.329 e. The summed E-state index contributed by atoms with van der Waals surface area (Å²) in [4.78, 5) is 4.68. The third-order valence-electron chi connectivity index (χ3n) is 3.29. The first-order valence-electron chi connectivity index (χ1n) is 6.88. The number of rotatable bonds is 4. The number of halogens is 1. The van der Waals surface area contributed by atoms with Gasteiger partial charge in [0.2, 0.25) is 0 Å². The van der Waals surface area contributed by atoms with Crippen LogP contribution in [0.5, 0.6) is 0 Å². The van der Waals surface area contributed by atoms with E-state index in [2.05, 4.69) is 33.7 Å². The van der Waals surface area contributed by atoms with Gasteiger partial charge in [0, 0.05) is 17.6 Å². The molecule has 7 heteroatoms. The van der Waals surface area contributed by atoms with Crippen LogP contribution in [0.1, 0.15) is 19.9 Å². The molecule has 0 saturated heterocycles. The molecule has 21 heavy (non-hydrogen) atoms. The molecular formula is C14H17ClN6. The minimum atomic E-state index is 0.239. The highest BCUT2D eigenvalue weighted by Gasteiger charge is 2.17. The monoisotopic (exact) mass is 304 g/mol. The Labute approximate surface area is 127 Å². The maximum atomic E-state index is 6.11. The summed E-state index contributed by atoms with van der Waals surface area (Å²) in [7, 11) is 0. The molecule has 0 radical (unpaired) electrons. The van der Waals surface area contributed by atoms with Gasteiger partial charge in [-0.1, -0.05) is 16.8 Å². The van der Waals surface area contributed by atoms with Gasteiger partial charge in [-0.15, -0.1) is 5.10 Å². The molecule has 3 aromatic rings. The first-order valence-corrected chi connectivity index (χ1v) is 7.26. The van der Waals surface area contributed by atoms with Crippen molar-refractivity contribution in [3.63, 3.8) is 0 Å². The summed E-state index contributed by atoms with van der Waals surface area (Å²) in [6.45, 7) is 5.38. The summed E-state index contributed by atoms with van der Waals surface area (Å²) in [5.41, 5.74) is 8.18. The van der Waals surface area contributed by atoms with Gasteiger partial charge in [0.25, 0.3) is 0 Å². The van der Waals surface area contributed by atoms with Gasteiger partial charge in [-0.3, -0.25) is 4.68 Å². The van der Waals surface area contributed by atoms with Crippen LogP contribution in [0.4, 0.5) is 0 Å². The van der Waals surface area contributed by atoms with E-state index < -0.39 is 0 Å². The van der Waals surface area contributed by atoms with Crippen LogP contribution in [0.2, 0.25) is 5.02 Å². The lowest BCUT2D eigenvalue weighted by atomic mass is 10.3. The van der Waals surface area contributed by atoms with Crippen LogP contribution < -0.4 is 5.73 Å². The highest BCUT2D eigenvalue weighted by molar-refractivity contribution is 6.31. The van der Waals surface area contributed by atoms with Crippen molar-refractivity contribution >= 4 is 22.6 Å². The largest absolute Gasteiger partial charge is 0.329 e. The van der Waals surface area contributed by atoms with Crippen LogP contribution in [0.3, 0.4) is 0 Å². The van der Waals surface area contributed by atoms with Gasteiger partial charge in [-0.05, 0) is 32.0 Å². The Morgan fingerprint density at radius 2 is 2.14 bits per heavy atom. The smallest absolute Gasteiger partial charge is 0.163 e. The summed E-state index contributed by atoms with van der Waals surface area (Å²) in [6.07, 6.45) is 1.87. The van der Waals surface area contributed by atoms with Crippen molar-refractivity contribution in [1.29, 1.82) is 0 Å². The predicted molar refractivity (Wildman–Crippen MR) is 83.2 cm³/mol. The van der Waals surface area contributed by atoms with E-state index in [9.17, 15) is 0 Å². The van der Waals surface area contributed by atoms with Crippen molar-refractivity contribution in [2.75, 3.05) is 6.54 Å². The van der Waals surface area contributed by atoms with Gasteiger partial charge < -0.3 is 10.3 Å². The van der Waals surface area contributed by atoms with E-state index in [0.29, 0.717) is 18.1 Å². The van der Waals surface area contributed by atoms with Crippen molar-refractivity contribution in [1.82, 2.24) is 24.5 Å². The fourth-order valence-corrected chi connectivity index (χ4v) is 2.58. The minimum absolute atomic E-state index is 0.239. The second-order valence-electron chi connectivity index (χ2n) is 5.19. The molecule has 2 N–H and O–H groups in total. The third kappa shape index (κ3) is 2.52. The zero-order valence-electron chi connectivity index (χ0n) is 12.0. The van der Waals surface area contributed by atoms with Gasteiger partial charge in [0.15, 0.2) is 5.82 Å². The molecule has 0 atom stereocenters. The highest BCUT2D eigenvalue weighted by Crippen LogP contribution is 2.28. The molecule has 0 aliphatic rings. The van der Waals surface area contributed by atoms with Crippen molar-refractivity contribution in [2.24, 2.45) is 5.73 Å². The molecule has 0 aliphatic carbocycles. The maximum absolute atomic E-state index is 6.11. The summed E-state index contributed by atoms with van der Waals surface area (Å²) < 4.78 is 3.85. The molecule has 1 aromatic carbocycles. The van der Waals surface area contributed by atoms with Crippen molar-refractivity contribution in [3.8, 4) is 11.5 Å². The number of hydrogen-bond donors (Lipinski definition) is 1. The lowest BCUT2D eigenvalue weighted by Crippen LogP contribution is -2.10. The van der Waals surface area contributed by atoms with E-state index in [1.807, 2.05) is 24.4 Å². The quantitative estimate of drug-likeness (QED) is 0.803. The molecule has 0 fully saturated rings. The summed E-state index contributed by atoms with van der Waals surface area (Å²) in [6, 6.07) is 5.93. The first kappa shape index (κ1) is 14.0. The Balaban J connectivity index is 2.18. The molecule has 0 saturated carbocycles. The zero-order chi connectivity index (χ0) is 15.0. The molecule has 0 aliphatic heterocycles. The number of benzene rings is 1. The fourth-order valence-electron chi connectivity index (χ4n) is 2.41. The van der Waals surface area contributed by atoms with E-state index in [0.717, 1.165) is 22.6 Å². The summed E-state index contributed by atoms with van der Waals surface area (Å²) in [5, 5.41) is 8.98. The topological polar surface area (TPSA) is 74.5 Å². The molecule has 0 unspecified atom stereocenters. The van der Waals surface area contributed by atoms with Crippen molar-refractivity contribution in [2.45, 2.75) is 26.4 Å². The first-order chi connectivity index (χ1) is 10.1. The van der Waals surface area contributed by atoms with Crippen LogP contribution in [0.25, 0.3) is 22.6 Å². The summed E-state index contributed by atoms with van der Waals surface area (Å²) >= 11 is 6.11. The Hall–Kier alpha value is -1.92. The standard InChI is InChI=1S/C14H17ClN6/c1-9(2)21-13-7-10(15)3-4-11(13)17-14(21)12-8-20(6-5-16)19-18-12/h3-4,7-9H,5-6,16H2,1-2H3. The van der Waals surface area contributed by atoms with Crippen LogP contribution in [-0.2, 0) is 6.54 Å². The van der Waals surface area contributed by atoms with Crippen LogP contribution >= 0.6 is 11.6 Å². The molecule has 2 heterocycles. The van der Waals surface area contributed by atoms with Gasteiger partial charge in [0.05, 0.1) is 23.8 Å². The maximum Gasteiger partial charge on any atom is 0.163 e. The zero-order valence-corrected chi connectivity index (χ0v) is 12.7. The van der Waals surface area contributed by atoms with Crippen LogP contribution in [-0.4, -0.2) is 31.1 Å². The average molecular weight is 305 g/mol. The van der Waals surface area contributed by atoms with E-state index in [1.165, 1.54) is 0 Å².